The molecule has 2 saturated heterocycles. The van der Waals surface area contributed by atoms with Gasteiger partial charge in [-0.1, -0.05) is 24.3 Å². The monoisotopic (exact) mass is 570 g/mol. The van der Waals surface area contributed by atoms with Crippen LogP contribution < -0.4 is 10.6 Å². The van der Waals surface area contributed by atoms with Crippen LogP contribution in [0.25, 0.3) is 0 Å². The summed E-state index contributed by atoms with van der Waals surface area (Å²) in [5.41, 5.74) is 2.06. The molecular weight excluding hydrogens is 537 g/mol. The van der Waals surface area contributed by atoms with Gasteiger partial charge in [-0.15, -0.1) is 0 Å². The molecule has 0 radical (unpaired) electrons. The summed E-state index contributed by atoms with van der Waals surface area (Å²) in [7, 11) is 4.79. The van der Waals surface area contributed by atoms with E-state index in [2.05, 4.69) is 10.2 Å². The Balaban J connectivity index is 1.60. The van der Waals surface area contributed by atoms with Crippen molar-refractivity contribution in [2.75, 3.05) is 38.7 Å². The Kier molecular flexibility index (Phi) is 8.71. The van der Waals surface area contributed by atoms with Crippen molar-refractivity contribution in [2.45, 2.75) is 36.0 Å². The molecule has 15 heteroatoms. The molecular formula is C26H33B2FN4O8. The van der Waals surface area contributed by atoms with E-state index in [1.165, 1.54) is 19.2 Å². The lowest BCUT2D eigenvalue weighted by atomic mass is 9.57. The summed E-state index contributed by atoms with van der Waals surface area (Å²) >= 11 is 0. The molecule has 0 aromatic heterocycles. The van der Waals surface area contributed by atoms with E-state index in [9.17, 15) is 34.8 Å². The zero-order chi connectivity index (χ0) is 30.2. The van der Waals surface area contributed by atoms with E-state index < -0.39 is 40.6 Å². The predicted octanol–water partition coefficient (Wildman–Crippen LogP) is -3.22. The molecule has 2 aromatic carbocycles. The Morgan fingerprint density at radius 2 is 1.88 bits per heavy atom. The third-order valence-electron chi connectivity index (χ3n) is 7.55. The van der Waals surface area contributed by atoms with Gasteiger partial charge in [-0.25, -0.2) is 4.39 Å². The summed E-state index contributed by atoms with van der Waals surface area (Å²) in [6.07, 6.45) is 0.570. The lowest BCUT2D eigenvalue weighted by Crippen LogP contribution is -2.78. The number of rotatable bonds is 9. The fourth-order valence-corrected chi connectivity index (χ4v) is 5.25. The molecule has 2 fully saturated rings. The second kappa shape index (κ2) is 11.6. The summed E-state index contributed by atoms with van der Waals surface area (Å²) in [5.74, 6) is -10.5. The quantitative estimate of drug-likeness (QED) is 0.0776. The average molecular weight is 570 g/mol. The molecule has 1 unspecified atom stereocenters. The lowest BCUT2D eigenvalue weighted by Gasteiger charge is -2.45. The molecule has 0 aliphatic carbocycles. The maximum atomic E-state index is 15.4. The highest BCUT2D eigenvalue weighted by molar-refractivity contribution is 6.41. The Morgan fingerprint density at radius 1 is 1.20 bits per heavy atom. The van der Waals surface area contributed by atoms with E-state index in [4.69, 9.17) is 4.74 Å². The molecule has 4 rings (SSSR count). The van der Waals surface area contributed by atoms with Gasteiger partial charge in [0.15, 0.2) is 6.04 Å². The summed E-state index contributed by atoms with van der Waals surface area (Å²) in [6, 6.07) is 7.79. The zero-order valence-electron chi connectivity index (χ0n) is 23.1. The van der Waals surface area contributed by atoms with Gasteiger partial charge in [-0.3, -0.25) is 29.5 Å². The number of hydrogen-bond acceptors (Lipinski definition) is 11. The van der Waals surface area contributed by atoms with Gasteiger partial charge in [0, 0.05) is 42.8 Å². The standard InChI is InChI=1S/C26H33B2FN4O8/c1-32(21-22(35)30-23(36)25(39,40)24(21,37)38)13-17-16(14-34)3-2-4-20(17)31-26(27,28)18-6-5-15(11-19(18)29)12-33-7-9-41-10-8-33/h2-6,11,14,21,31,37-40H,7-10,12-13,27-28H2,1H3,(H,30,35,36). The Morgan fingerprint density at radius 3 is 2.51 bits per heavy atom. The maximum Gasteiger partial charge on any atom is 0.303 e. The number of morpholine rings is 1. The van der Waals surface area contributed by atoms with Crippen molar-refractivity contribution in [3.8, 4) is 0 Å². The number of halogens is 1. The summed E-state index contributed by atoms with van der Waals surface area (Å²) < 4.78 is 20.8. The molecule has 2 aliphatic rings. The number of piperidine rings is 1. The van der Waals surface area contributed by atoms with Crippen molar-refractivity contribution in [2.24, 2.45) is 0 Å². The van der Waals surface area contributed by atoms with Gasteiger partial charge < -0.3 is 30.5 Å². The van der Waals surface area contributed by atoms with E-state index in [0.717, 1.165) is 23.6 Å². The lowest BCUT2D eigenvalue weighted by molar-refractivity contribution is -0.356. The van der Waals surface area contributed by atoms with Crippen LogP contribution in [0, 0.1) is 5.82 Å². The van der Waals surface area contributed by atoms with Crippen LogP contribution in [0.1, 0.15) is 27.0 Å². The minimum absolute atomic E-state index is 0.187. The van der Waals surface area contributed by atoms with Crippen molar-refractivity contribution in [3.63, 3.8) is 0 Å². The van der Waals surface area contributed by atoms with Gasteiger partial charge in [0.2, 0.25) is 5.91 Å². The van der Waals surface area contributed by atoms with Gasteiger partial charge in [-0.05, 0) is 35.9 Å². The van der Waals surface area contributed by atoms with Crippen LogP contribution in [-0.2, 0) is 32.8 Å². The van der Waals surface area contributed by atoms with Crippen molar-refractivity contribution in [1.29, 1.82) is 0 Å². The van der Waals surface area contributed by atoms with Crippen LogP contribution in [0.5, 0.6) is 0 Å². The number of aldehydes is 1. The molecule has 2 aliphatic heterocycles. The van der Waals surface area contributed by atoms with E-state index in [-0.39, 0.29) is 12.1 Å². The summed E-state index contributed by atoms with van der Waals surface area (Å²) in [4.78, 5) is 39.5. The molecule has 0 bridgehead atoms. The minimum atomic E-state index is -3.68. The van der Waals surface area contributed by atoms with Gasteiger partial charge >= 0.3 is 5.79 Å². The number of imide groups is 1. The molecule has 6 N–H and O–H groups in total. The highest BCUT2D eigenvalue weighted by atomic mass is 19.1. The van der Waals surface area contributed by atoms with Gasteiger partial charge in [0.25, 0.3) is 11.7 Å². The highest BCUT2D eigenvalue weighted by Gasteiger charge is 2.65. The molecule has 1 atom stereocenters. The van der Waals surface area contributed by atoms with Crippen LogP contribution in [0.2, 0.25) is 0 Å². The molecule has 2 aromatic rings. The minimum Gasteiger partial charge on any atom is -0.391 e. The van der Waals surface area contributed by atoms with Crippen molar-refractivity contribution in [3.05, 3.63) is 64.5 Å². The Labute approximate surface area is 237 Å². The van der Waals surface area contributed by atoms with Crippen molar-refractivity contribution in [1.82, 2.24) is 15.1 Å². The Hall–Kier alpha value is -3.17. The first-order chi connectivity index (χ1) is 19.2. The smallest absolute Gasteiger partial charge is 0.303 e. The molecule has 2 amide bonds. The first-order valence-electron chi connectivity index (χ1n) is 13.1. The van der Waals surface area contributed by atoms with Crippen LogP contribution in [0.15, 0.2) is 36.4 Å². The van der Waals surface area contributed by atoms with Crippen LogP contribution in [0.4, 0.5) is 10.1 Å². The number of hydrogen-bond donors (Lipinski definition) is 6. The number of anilines is 1. The number of nitrogens with one attached hydrogen (secondary N) is 2. The number of benzene rings is 2. The fraction of sp³-hybridized carbons (Fsp3) is 0.423. The third kappa shape index (κ3) is 6.06. The third-order valence-corrected chi connectivity index (χ3v) is 7.55. The maximum absolute atomic E-state index is 15.4. The molecule has 12 nitrogen and oxygen atoms in total. The van der Waals surface area contributed by atoms with Gasteiger partial charge in [0.1, 0.15) is 27.8 Å². The largest absolute Gasteiger partial charge is 0.391 e. The topological polar surface area (TPSA) is 172 Å². The number of ether oxygens (including phenoxy) is 1. The van der Waals surface area contributed by atoms with E-state index in [1.54, 1.807) is 39.2 Å². The molecule has 218 valence electrons. The number of carbonyl (C=O) groups is 3. The average Bonchev–Trinajstić information content (AvgIpc) is 2.89. The first-order valence-corrected chi connectivity index (χ1v) is 13.1. The first kappa shape index (κ1) is 30.8. The van der Waals surface area contributed by atoms with Gasteiger partial charge in [0.05, 0.1) is 13.2 Å². The molecule has 0 spiro atoms. The number of likely N-dealkylation sites (N-methyl/N-ethyl adjacent to an activating group) is 1. The van der Waals surface area contributed by atoms with Crippen LogP contribution >= 0.6 is 0 Å². The normalized spacial score (nSPS) is 21.0. The van der Waals surface area contributed by atoms with E-state index in [1.807, 2.05) is 6.07 Å². The van der Waals surface area contributed by atoms with E-state index in [0.29, 0.717) is 42.9 Å². The predicted molar refractivity (Wildman–Crippen MR) is 149 cm³/mol. The second-order valence-electron chi connectivity index (χ2n) is 11.0. The SMILES string of the molecule is BC(B)(Nc1cccc(C=O)c1CN(C)C1C(=O)NC(=O)C(O)(O)C1(O)O)c1ccc(CN2CCOCC2)cc1F. The molecule has 41 heavy (non-hydrogen) atoms. The highest BCUT2D eigenvalue weighted by Crippen LogP contribution is 2.32. The van der Waals surface area contributed by atoms with Gasteiger partial charge in [-0.2, -0.15) is 0 Å². The molecule has 2 heterocycles. The summed E-state index contributed by atoms with van der Waals surface area (Å²) in [5, 5.41) is 44.8. The van der Waals surface area contributed by atoms with Crippen molar-refractivity contribution >= 4 is 39.5 Å². The Bertz CT molecular complexity index is 1340. The fourth-order valence-electron chi connectivity index (χ4n) is 5.25. The van der Waals surface area contributed by atoms with Crippen LogP contribution in [0.3, 0.4) is 0 Å². The second-order valence-corrected chi connectivity index (χ2v) is 11.0. The number of carbonyl (C=O) groups excluding carboxylic acids is 3. The summed E-state index contributed by atoms with van der Waals surface area (Å²) in [6.45, 7) is 3.12. The number of aliphatic hydroxyl groups is 4. The molecule has 0 saturated carbocycles. The number of amides is 2. The number of nitrogens with zero attached hydrogens (tertiary/aromatic N) is 2. The zero-order valence-corrected chi connectivity index (χ0v) is 23.1. The van der Waals surface area contributed by atoms with Crippen LogP contribution in [-0.4, -0.2) is 115 Å². The van der Waals surface area contributed by atoms with Crippen molar-refractivity contribution < 1.29 is 43.9 Å². The van der Waals surface area contributed by atoms with E-state index >= 15 is 4.39 Å².